The first-order chi connectivity index (χ1) is 10.6. The zero-order valence-corrected chi connectivity index (χ0v) is 12.8. The van der Waals surface area contributed by atoms with Crippen molar-refractivity contribution in [2.24, 2.45) is 0 Å². The molecule has 2 aromatic rings. The maximum Gasteiger partial charge on any atom is 0.319 e. The first kappa shape index (κ1) is 14.4. The molecule has 1 heterocycles. The third-order valence-electron chi connectivity index (χ3n) is 3.98. The highest BCUT2D eigenvalue weighted by molar-refractivity contribution is 5.89. The highest BCUT2D eigenvalue weighted by atomic mass is 16.5. The van der Waals surface area contributed by atoms with Crippen molar-refractivity contribution < 1.29 is 9.53 Å². The van der Waals surface area contributed by atoms with Crippen LogP contribution in [0.15, 0.2) is 42.5 Å². The molecule has 0 radical (unpaired) electrons. The van der Waals surface area contributed by atoms with E-state index in [1.54, 1.807) is 0 Å². The minimum absolute atomic E-state index is 0.0126. The van der Waals surface area contributed by atoms with Crippen molar-refractivity contribution in [1.82, 2.24) is 5.32 Å². The largest absolute Gasteiger partial charge is 0.491 e. The zero-order chi connectivity index (χ0) is 15.5. The van der Waals surface area contributed by atoms with Gasteiger partial charge in [-0.2, -0.15) is 0 Å². The maximum absolute atomic E-state index is 12.1. The molecule has 0 bridgehead atoms. The van der Waals surface area contributed by atoms with E-state index < -0.39 is 0 Å². The van der Waals surface area contributed by atoms with E-state index in [1.807, 2.05) is 49.4 Å². The molecule has 4 heteroatoms. The number of para-hydroxylation sites is 1. The summed E-state index contributed by atoms with van der Waals surface area (Å²) in [6.45, 7) is 4.58. The van der Waals surface area contributed by atoms with Gasteiger partial charge in [-0.25, -0.2) is 4.79 Å². The smallest absolute Gasteiger partial charge is 0.319 e. The number of carbonyl (C=O) groups is 1. The number of nitrogens with one attached hydrogen (secondary N) is 2. The number of urea groups is 1. The van der Waals surface area contributed by atoms with Crippen LogP contribution in [0.5, 0.6) is 5.75 Å². The molecule has 0 unspecified atom stereocenters. The van der Waals surface area contributed by atoms with Crippen molar-refractivity contribution in [3.63, 3.8) is 0 Å². The van der Waals surface area contributed by atoms with Gasteiger partial charge in [0.1, 0.15) is 12.4 Å². The standard InChI is InChI=1S/C18H20N2O2/c1-12-7-8-15(9-13(12)2)19-18(21)20-16-10-14-5-3-4-6-17(14)22-11-16/h3-9,16H,10-11H2,1-2H3,(H2,19,20,21)/t16-/m0/s1. The Kier molecular flexibility index (Phi) is 4.00. The fourth-order valence-electron chi connectivity index (χ4n) is 2.59. The molecule has 114 valence electrons. The van der Waals surface area contributed by atoms with Crippen molar-refractivity contribution in [2.75, 3.05) is 11.9 Å². The van der Waals surface area contributed by atoms with Gasteiger partial charge >= 0.3 is 6.03 Å². The Hall–Kier alpha value is -2.49. The minimum atomic E-state index is -0.198. The third kappa shape index (κ3) is 3.22. The van der Waals surface area contributed by atoms with Gasteiger partial charge in [0.05, 0.1) is 6.04 Å². The van der Waals surface area contributed by atoms with Crippen LogP contribution in [0.4, 0.5) is 10.5 Å². The molecule has 1 aliphatic rings. The molecule has 0 aliphatic carbocycles. The van der Waals surface area contributed by atoms with Crippen molar-refractivity contribution in [1.29, 1.82) is 0 Å². The summed E-state index contributed by atoms with van der Waals surface area (Å²) in [5, 5.41) is 5.84. The van der Waals surface area contributed by atoms with Crippen LogP contribution in [0.1, 0.15) is 16.7 Å². The Balaban J connectivity index is 1.59. The van der Waals surface area contributed by atoms with E-state index in [2.05, 4.69) is 17.6 Å². The average Bonchev–Trinajstić information content (AvgIpc) is 2.51. The Labute approximate surface area is 130 Å². The number of rotatable bonds is 2. The summed E-state index contributed by atoms with van der Waals surface area (Å²) in [5.41, 5.74) is 4.30. The first-order valence-electron chi connectivity index (χ1n) is 7.47. The van der Waals surface area contributed by atoms with Crippen LogP contribution in [0.3, 0.4) is 0 Å². The molecule has 0 saturated heterocycles. The van der Waals surface area contributed by atoms with Gasteiger partial charge in [-0.1, -0.05) is 24.3 Å². The SMILES string of the molecule is Cc1ccc(NC(=O)N[C@@H]2COc3ccccc3C2)cc1C. The Morgan fingerprint density at radius 2 is 1.95 bits per heavy atom. The van der Waals surface area contributed by atoms with Crippen LogP contribution in [0.25, 0.3) is 0 Å². The molecule has 0 saturated carbocycles. The van der Waals surface area contributed by atoms with Crippen LogP contribution in [0, 0.1) is 13.8 Å². The van der Waals surface area contributed by atoms with E-state index in [1.165, 1.54) is 5.56 Å². The third-order valence-corrected chi connectivity index (χ3v) is 3.98. The van der Waals surface area contributed by atoms with Crippen LogP contribution in [-0.2, 0) is 6.42 Å². The van der Waals surface area contributed by atoms with Crippen molar-refractivity contribution in [3.8, 4) is 5.75 Å². The lowest BCUT2D eigenvalue weighted by Crippen LogP contribution is -2.44. The molecule has 2 N–H and O–H groups in total. The number of ether oxygens (including phenoxy) is 1. The number of carbonyl (C=O) groups excluding carboxylic acids is 1. The second-order valence-corrected chi connectivity index (χ2v) is 5.72. The number of aryl methyl sites for hydroxylation is 2. The summed E-state index contributed by atoms with van der Waals surface area (Å²) in [7, 11) is 0. The van der Waals surface area contributed by atoms with Gasteiger partial charge in [-0.05, 0) is 55.2 Å². The molecule has 1 aliphatic heterocycles. The van der Waals surface area contributed by atoms with Crippen molar-refractivity contribution in [2.45, 2.75) is 26.3 Å². The zero-order valence-electron chi connectivity index (χ0n) is 12.8. The lowest BCUT2D eigenvalue weighted by molar-refractivity contribution is 0.222. The van der Waals surface area contributed by atoms with E-state index >= 15 is 0 Å². The van der Waals surface area contributed by atoms with Crippen molar-refractivity contribution in [3.05, 3.63) is 59.2 Å². The van der Waals surface area contributed by atoms with E-state index in [-0.39, 0.29) is 12.1 Å². The van der Waals surface area contributed by atoms with Crippen LogP contribution >= 0.6 is 0 Å². The first-order valence-corrected chi connectivity index (χ1v) is 7.47. The molecule has 3 rings (SSSR count). The second kappa shape index (κ2) is 6.10. The van der Waals surface area contributed by atoms with Crippen LogP contribution < -0.4 is 15.4 Å². The summed E-state index contributed by atoms with van der Waals surface area (Å²) in [6.07, 6.45) is 0.788. The van der Waals surface area contributed by atoms with Gasteiger partial charge in [0, 0.05) is 5.69 Å². The van der Waals surface area contributed by atoms with Crippen LogP contribution in [-0.4, -0.2) is 18.7 Å². The molecule has 0 aromatic heterocycles. The quantitative estimate of drug-likeness (QED) is 0.892. The summed E-state index contributed by atoms with van der Waals surface area (Å²) in [5.74, 6) is 0.912. The Morgan fingerprint density at radius 1 is 1.14 bits per heavy atom. The molecule has 4 nitrogen and oxygen atoms in total. The molecule has 2 amide bonds. The number of hydrogen-bond donors (Lipinski definition) is 2. The highest BCUT2D eigenvalue weighted by Gasteiger charge is 2.20. The predicted octanol–water partition coefficient (Wildman–Crippen LogP) is 3.43. The summed E-state index contributed by atoms with van der Waals surface area (Å²) in [6, 6.07) is 13.6. The Morgan fingerprint density at radius 3 is 2.77 bits per heavy atom. The molecule has 2 aromatic carbocycles. The van der Waals surface area contributed by atoms with Gasteiger partial charge in [0.15, 0.2) is 0 Å². The summed E-state index contributed by atoms with van der Waals surface area (Å²) >= 11 is 0. The van der Waals surface area contributed by atoms with E-state index in [4.69, 9.17) is 4.74 Å². The molecular weight excluding hydrogens is 276 g/mol. The molecule has 0 fully saturated rings. The fraction of sp³-hybridized carbons (Fsp3) is 0.278. The van der Waals surface area contributed by atoms with E-state index in [0.717, 1.165) is 29.0 Å². The second-order valence-electron chi connectivity index (χ2n) is 5.72. The molecular formula is C18H20N2O2. The van der Waals surface area contributed by atoms with Crippen molar-refractivity contribution >= 4 is 11.7 Å². The fourth-order valence-corrected chi connectivity index (χ4v) is 2.59. The van der Waals surface area contributed by atoms with E-state index in [0.29, 0.717) is 6.61 Å². The van der Waals surface area contributed by atoms with Gasteiger partial charge < -0.3 is 15.4 Å². The molecule has 22 heavy (non-hydrogen) atoms. The Bertz CT molecular complexity index is 697. The van der Waals surface area contributed by atoms with Gasteiger partial charge in [0.2, 0.25) is 0 Å². The monoisotopic (exact) mass is 296 g/mol. The highest BCUT2D eigenvalue weighted by Crippen LogP contribution is 2.24. The number of hydrogen-bond acceptors (Lipinski definition) is 2. The minimum Gasteiger partial charge on any atom is -0.491 e. The van der Waals surface area contributed by atoms with Crippen LogP contribution in [0.2, 0.25) is 0 Å². The maximum atomic E-state index is 12.1. The normalized spacial score (nSPS) is 16.4. The van der Waals surface area contributed by atoms with Gasteiger partial charge in [-0.15, -0.1) is 0 Å². The molecule has 1 atom stereocenters. The summed E-state index contributed by atoms with van der Waals surface area (Å²) in [4.78, 5) is 12.1. The summed E-state index contributed by atoms with van der Waals surface area (Å²) < 4.78 is 5.68. The lowest BCUT2D eigenvalue weighted by Gasteiger charge is -2.26. The number of anilines is 1. The number of amides is 2. The number of fused-ring (bicyclic) bond motifs is 1. The average molecular weight is 296 g/mol. The predicted molar refractivity (Wildman–Crippen MR) is 87.5 cm³/mol. The van der Waals surface area contributed by atoms with Gasteiger partial charge in [-0.3, -0.25) is 0 Å². The van der Waals surface area contributed by atoms with E-state index in [9.17, 15) is 4.79 Å². The molecule has 0 spiro atoms. The lowest BCUT2D eigenvalue weighted by atomic mass is 10.0. The number of benzene rings is 2. The van der Waals surface area contributed by atoms with Gasteiger partial charge in [0.25, 0.3) is 0 Å². The topological polar surface area (TPSA) is 50.4 Å².